The molecule has 1 aliphatic rings. The van der Waals surface area contributed by atoms with Crippen LogP contribution < -0.4 is 5.32 Å². The second kappa shape index (κ2) is 10.8. The van der Waals surface area contributed by atoms with Gasteiger partial charge in [-0.25, -0.2) is 4.79 Å². The van der Waals surface area contributed by atoms with Gasteiger partial charge in [0.1, 0.15) is 0 Å². The van der Waals surface area contributed by atoms with E-state index in [1.807, 2.05) is 67.5 Å². The van der Waals surface area contributed by atoms with Crippen LogP contribution in [0, 0.1) is 0 Å². The molecule has 31 heavy (non-hydrogen) atoms. The van der Waals surface area contributed by atoms with E-state index >= 15 is 0 Å². The summed E-state index contributed by atoms with van der Waals surface area (Å²) in [7, 11) is 5.42. The van der Waals surface area contributed by atoms with Crippen molar-refractivity contribution in [2.24, 2.45) is 0 Å². The minimum atomic E-state index is -0.309. The summed E-state index contributed by atoms with van der Waals surface area (Å²) in [6, 6.07) is 16.1. The fraction of sp³-hybridized carbons (Fsp3) is 0.417. The number of hydrogen-bond donors (Lipinski definition) is 1. The first-order chi connectivity index (χ1) is 15.0. The summed E-state index contributed by atoms with van der Waals surface area (Å²) in [6.07, 6.45) is 0.424. The van der Waals surface area contributed by atoms with Crippen LogP contribution in [0.25, 0.3) is 0 Å². The van der Waals surface area contributed by atoms with Crippen LogP contribution in [0.4, 0.5) is 10.5 Å². The first-order valence-corrected chi connectivity index (χ1v) is 10.6. The van der Waals surface area contributed by atoms with Gasteiger partial charge in [0.05, 0.1) is 13.7 Å². The van der Waals surface area contributed by atoms with E-state index in [1.54, 1.807) is 4.90 Å². The van der Waals surface area contributed by atoms with Crippen molar-refractivity contribution in [2.75, 3.05) is 52.7 Å². The summed E-state index contributed by atoms with van der Waals surface area (Å²) in [5.74, 6) is 0.0651. The molecule has 2 aromatic carbocycles. The average Bonchev–Trinajstić information content (AvgIpc) is 2.79. The zero-order valence-corrected chi connectivity index (χ0v) is 18.6. The van der Waals surface area contributed by atoms with Crippen LogP contribution >= 0.6 is 0 Å². The fourth-order valence-corrected chi connectivity index (χ4v) is 3.76. The SMILES string of the molecule is COC(=O)N1CCc2c(cccc2NCC(=O)N(CCN(C)C)Cc2ccccc2)C1. The molecular weight excluding hydrogens is 392 g/mol. The number of benzene rings is 2. The third-order valence-electron chi connectivity index (χ3n) is 5.51. The average molecular weight is 425 g/mol. The van der Waals surface area contributed by atoms with Gasteiger partial charge in [-0.2, -0.15) is 0 Å². The lowest BCUT2D eigenvalue weighted by Crippen LogP contribution is -2.39. The number of ether oxygens (including phenoxy) is 1. The molecule has 0 radical (unpaired) electrons. The number of nitrogens with one attached hydrogen (secondary N) is 1. The number of carbonyl (C=O) groups excluding carboxylic acids is 2. The predicted octanol–water partition coefficient (Wildman–Crippen LogP) is 2.81. The number of rotatable bonds is 8. The van der Waals surface area contributed by atoms with E-state index < -0.39 is 0 Å². The number of amides is 2. The Morgan fingerprint density at radius 2 is 1.84 bits per heavy atom. The number of hydrogen-bond acceptors (Lipinski definition) is 5. The van der Waals surface area contributed by atoms with Gasteiger partial charge in [0.25, 0.3) is 0 Å². The highest BCUT2D eigenvalue weighted by atomic mass is 16.5. The summed E-state index contributed by atoms with van der Waals surface area (Å²) in [6.45, 7) is 3.43. The van der Waals surface area contributed by atoms with Crippen molar-refractivity contribution in [3.63, 3.8) is 0 Å². The van der Waals surface area contributed by atoms with Gasteiger partial charge in [-0.1, -0.05) is 42.5 Å². The maximum Gasteiger partial charge on any atom is 0.409 e. The lowest BCUT2D eigenvalue weighted by Gasteiger charge is -2.29. The van der Waals surface area contributed by atoms with E-state index in [2.05, 4.69) is 10.2 Å². The summed E-state index contributed by atoms with van der Waals surface area (Å²) in [4.78, 5) is 30.6. The van der Waals surface area contributed by atoms with Gasteiger partial charge in [-0.15, -0.1) is 0 Å². The largest absolute Gasteiger partial charge is 0.453 e. The molecule has 1 heterocycles. The minimum Gasteiger partial charge on any atom is -0.453 e. The Kier molecular flexibility index (Phi) is 7.89. The van der Waals surface area contributed by atoms with Crippen molar-refractivity contribution in [1.29, 1.82) is 0 Å². The Hall–Kier alpha value is -3.06. The van der Waals surface area contributed by atoms with Crippen LogP contribution in [0.15, 0.2) is 48.5 Å². The molecule has 1 aliphatic heterocycles. The number of fused-ring (bicyclic) bond motifs is 1. The van der Waals surface area contributed by atoms with E-state index in [0.29, 0.717) is 26.2 Å². The van der Waals surface area contributed by atoms with Crippen LogP contribution in [0.5, 0.6) is 0 Å². The van der Waals surface area contributed by atoms with Gasteiger partial charge in [-0.3, -0.25) is 4.79 Å². The zero-order chi connectivity index (χ0) is 22.2. The summed E-state index contributed by atoms with van der Waals surface area (Å²) >= 11 is 0. The van der Waals surface area contributed by atoms with E-state index in [4.69, 9.17) is 4.74 Å². The van der Waals surface area contributed by atoms with E-state index in [1.165, 1.54) is 12.7 Å². The zero-order valence-electron chi connectivity index (χ0n) is 18.6. The first-order valence-electron chi connectivity index (χ1n) is 10.6. The van der Waals surface area contributed by atoms with Gasteiger partial charge >= 0.3 is 6.09 Å². The molecule has 2 aromatic rings. The Morgan fingerprint density at radius 3 is 2.55 bits per heavy atom. The molecular formula is C24H32N4O3. The molecule has 166 valence electrons. The first kappa shape index (κ1) is 22.6. The van der Waals surface area contributed by atoms with Crippen molar-refractivity contribution in [1.82, 2.24) is 14.7 Å². The highest BCUT2D eigenvalue weighted by Crippen LogP contribution is 2.26. The lowest BCUT2D eigenvalue weighted by molar-refractivity contribution is -0.130. The van der Waals surface area contributed by atoms with Crippen molar-refractivity contribution >= 4 is 17.7 Å². The molecule has 1 N–H and O–H groups in total. The van der Waals surface area contributed by atoms with Crippen LogP contribution in [0.1, 0.15) is 16.7 Å². The highest BCUT2D eigenvalue weighted by molar-refractivity contribution is 5.81. The van der Waals surface area contributed by atoms with Crippen LogP contribution in [0.3, 0.4) is 0 Å². The Balaban J connectivity index is 1.66. The van der Waals surface area contributed by atoms with Crippen LogP contribution in [-0.2, 0) is 29.0 Å². The third-order valence-corrected chi connectivity index (χ3v) is 5.51. The van der Waals surface area contributed by atoms with Crippen molar-refractivity contribution in [3.05, 3.63) is 65.2 Å². The molecule has 0 atom stereocenters. The van der Waals surface area contributed by atoms with E-state index in [-0.39, 0.29) is 18.5 Å². The minimum absolute atomic E-state index is 0.0651. The summed E-state index contributed by atoms with van der Waals surface area (Å²) < 4.78 is 4.85. The van der Waals surface area contributed by atoms with Crippen molar-refractivity contribution < 1.29 is 14.3 Å². The molecule has 7 heteroatoms. The second-order valence-corrected chi connectivity index (χ2v) is 8.04. The van der Waals surface area contributed by atoms with Gasteiger partial charge in [-0.05, 0) is 43.3 Å². The summed E-state index contributed by atoms with van der Waals surface area (Å²) in [5, 5.41) is 3.34. The molecule has 3 rings (SSSR count). The van der Waals surface area contributed by atoms with E-state index in [9.17, 15) is 9.59 Å². The second-order valence-electron chi connectivity index (χ2n) is 8.04. The van der Waals surface area contributed by atoms with Gasteiger partial charge < -0.3 is 24.8 Å². The quantitative estimate of drug-likeness (QED) is 0.706. The molecule has 7 nitrogen and oxygen atoms in total. The molecule has 0 spiro atoms. The standard InChI is InChI=1S/C24H32N4O3/c1-26(2)14-15-27(17-19-8-5-4-6-9-19)23(29)16-25-22-11-7-10-20-18-28(24(30)31-3)13-12-21(20)22/h4-11,25H,12-18H2,1-3H3. The molecule has 0 saturated carbocycles. The number of anilines is 1. The Morgan fingerprint density at radius 1 is 1.06 bits per heavy atom. The Labute approximate surface area is 184 Å². The maximum absolute atomic E-state index is 13.1. The normalized spacial score (nSPS) is 13.0. The molecule has 0 unspecified atom stereocenters. The smallest absolute Gasteiger partial charge is 0.409 e. The fourth-order valence-electron chi connectivity index (χ4n) is 3.76. The number of carbonyl (C=O) groups is 2. The van der Waals surface area contributed by atoms with Crippen molar-refractivity contribution in [3.8, 4) is 0 Å². The van der Waals surface area contributed by atoms with Gasteiger partial charge in [0, 0.05) is 38.4 Å². The monoisotopic (exact) mass is 424 g/mol. The van der Waals surface area contributed by atoms with Crippen LogP contribution in [-0.4, -0.2) is 74.1 Å². The van der Waals surface area contributed by atoms with Gasteiger partial charge in [0.2, 0.25) is 5.91 Å². The number of likely N-dealkylation sites (N-methyl/N-ethyl adjacent to an activating group) is 1. The molecule has 0 aliphatic carbocycles. The summed E-state index contributed by atoms with van der Waals surface area (Å²) in [5.41, 5.74) is 4.33. The van der Waals surface area contributed by atoms with Crippen molar-refractivity contribution in [2.45, 2.75) is 19.5 Å². The van der Waals surface area contributed by atoms with Gasteiger partial charge in [0.15, 0.2) is 0 Å². The predicted molar refractivity (Wildman–Crippen MR) is 122 cm³/mol. The third kappa shape index (κ3) is 6.21. The van der Waals surface area contributed by atoms with Crippen LogP contribution in [0.2, 0.25) is 0 Å². The topological polar surface area (TPSA) is 65.1 Å². The van der Waals surface area contributed by atoms with E-state index in [0.717, 1.165) is 29.8 Å². The molecule has 2 amide bonds. The Bertz CT molecular complexity index is 886. The molecule has 0 aromatic heterocycles. The maximum atomic E-state index is 13.1. The molecule has 0 saturated heterocycles. The number of methoxy groups -OCH3 is 1. The molecule has 0 bridgehead atoms. The molecule has 0 fully saturated rings. The number of nitrogens with zero attached hydrogens (tertiary/aromatic N) is 3. The lowest BCUT2D eigenvalue weighted by atomic mass is 9.98. The highest BCUT2D eigenvalue weighted by Gasteiger charge is 2.23.